The van der Waals surface area contributed by atoms with Crippen molar-refractivity contribution in [2.24, 2.45) is 0 Å². The number of hydrogen-bond acceptors (Lipinski definition) is 4. The number of anilines is 1. The molecule has 0 amide bonds. The average molecular weight is 310 g/mol. The molecule has 1 N–H and O–H groups in total. The van der Waals surface area contributed by atoms with Crippen LogP contribution in [0, 0.1) is 5.95 Å². The highest BCUT2D eigenvalue weighted by molar-refractivity contribution is 5.72. The molecular weight excluding hydrogens is 295 g/mol. The van der Waals surface area contributed by atoms with Crippen LogP contribution in [0.3, 0.4) is 0 Å². The fourth-order valence-corrected chi connectivity index (χ4v) is 2.74. The Hall–Kier alpha value is -2.89. The SMILES string of the molecule is Fc1ccc(-c2ccc3c(c2)N(Cc2c[nH]cn2)CCO3)cn1. The number of nitrogens with zero attached hydrogens (tertiary/aromatic N) is 3. The molecule has 23 heavy (non-hydrogen) atoms. The molecule has 1 aromatic carbocycles. The van der Waals surface area contributed by atoms with Gasteiger partial charge in [0.05, 0.1) is 30.8 Å². The number of aromatic nitrogens is 3. The van der Waals surface area contributed by atoms with E-state index in [1.165, 1.54) is 6.07 Å². The van der Waals surface area contributed by atoms with Gasteiger partial charge in [-0.2, -0.15) is 4.39 Å². The maximum atomic E-state index is 13.0. The lowest BCUT2D eigenvalue weighted by Crippen LogP contribution is -2.32. The number of imidazole rings is 1. The van der Waals surface area contributed by atoms with E-state index in [0.717, 1.165) is 34.8 Å². The first kappa shape index (κ1) is 13.8. The van der Waals surface area contributed by atoms with Gasteiger partial charge in [0, 0.05) is 18.0 Å². The number of ether oxygens (including phenoxy) is 1. The van der Waals surface area contributed by atoms with E-state index >= 15 is 0 Å². The van der Waals surface area contributed by atoms with Crippen molar-refractivity contribution in [2.75, 3.05) is 18.1 Å². The molecule has 0 saturated heterocycles. The molecular formula is C17H15FN4O. The van der Waals surface area contributed by atoms with Gasteiger partial charge in [-0.05, 0) is 29.8 Å². The Bertz CT molecular complexity index is 802. The molecule has 3 aromatic rings. The van der Waals surface area contributed by atoms with Gasteiger partial charge < -0.3 is 14.6 Å². The molecule has 3 heterocycles. The van der Waals surface area contributed by atoms with Crippen molar-refractivity contribution < 1.29 is 9.13 Å². The number of benzene rings is 1. The van der Waals surface area contributed by atoms with Crippen LogP contribution in [0.2, 0.25) is 0 Å². The zero-order valence-electron chi connectivity index (χ0n) is 12.4. The van der Waals surface area contributed by atoms with Gasteiger partial charge in [0.25, 0.3) is 0 Å². The number of pyridine rings is 1. The molecule has 2 aromatic heterocycles. The molecule has 0 unspecified atom stereocenters. The second-order valence-electron chi connectivity index (χ2n) is 5.38. The Morgan fingerprint density at radius 3 is 2.87 bits per heavy atom. The maximum absolute atomic E-state index is 13.0. The number of H-pyrrole nitrogens is 1. The van der Waals surface area contributed by atoms with E-state index < -0.39 is 5.95 Å². The van der Waals surface area contributed by atoms with E-state index in [2.05, 4.69) is 25.9 Å². The van der Waals surface area contributed by atoms with Gasteiger partial charge in [0.15, 0.2) is 0 Å². The quantitative estimate of drug-likeness (QED) is 0.756. The van der Waals surface area contributed by atoms with E-state index in [1.54, 1.807) is 18.6 Å². The van der Waals surface area contributed by atoms with Crippen LogP contribution < -0.4 is 9.64 Å². The van der Waals surface area contributed by atoms with Gasteiger partial charge >= 0.3 is 0 Å². The Kier molecular flexibility index (Phi) is 3.42. The zero-order valence-corrected chi connectivity index (χ0v) is 12.4. The molecule has 0 spiro atoms. The van der Waals surface area contributed by atoms with Crippen molar-refractivity contribution in [3.8, 4) is 16.9 Å². The summed E-state index contributed by atoms with van der Waals surface area (Å²) in [6.45, 7) is 2.16. The summed E-state index contributed by atoms with van der Waals surface area (Å²) in [7, 11) is 0. The van der Waals surface area contributed by atoms with Crippen molar-refractivity contribution >= 4 is 5.69 Å². The standard InChI is InChI=1S/C17H15FN4O/c18-17-4-2-13(8-20-17)12-1-3-16-15(7-12)22(5-6-23-16)10-14-9-19-11-21-14/h1-4,7-9,11H,5-6,10H2,(H,19,21). The van der Waals surface area contributed by atoms with Gasteiger partial charge in [-0.25, -0.2) is 9.97 Å². The highest BCUT2D eigenvalue weighted by atomic mass is 19.1. The minimum atomic E-state index is -0.477. The van der Waals surface area contributed by atoms with Gasteiger partial charge in [0.1, 0.15) is 12.4 Å². The fourth-order valence-electron chi connectivity index (χ4n) is 2.74. The molecule has 6 heteroatoms. The third kappa shape index (κ3) is 2.75. The summed E-state index contributed by atoms with van der Waals surface area (Å²) in [6.07, 6.45) is 5.11. The minimum absolute atomic E-state index is 0.477. The lowest BCUT2D eigenvalue weighted by atomic mass is 10.1. The Balaban J connectivity index is 1.69. The number of hydrogen-bond donors (Lipinski definition) is 1. The third-order valence-corrected chi connectivity index (χ3v) is 3.89. The molecule has 0 atom stereocenters. The molecule has 1 aliphatic heterocycles. The van der Waals surface area contributed by atoms with Crippen LogP contribution in [-0.2, 0) is 6.54 Å². The maximum Gasteiger partial charge on any atom is 0.212 e. The van der Waals surface area contributed by atoms with Gasteiger partial charge in [-0.3, -0.25) is 0 Å². The first-order valence-electron chi connectivity index (χ1n) is 7.41. The molecule has 4 rings (SSSR count). The summed E-state index contributed by atoms with van der Waals surface area (Å²) in [4.78, 5) is 13.2. The average Bonchev–Trinajstić information content (AvgIpc) is 3.09. The first-order valence-corrected chi connectivity index (χ1v) is 7.41. The lowest BCUT2D eigenvalue weighted by Gasteiger charge is -2.31. The summed E-state index contributed by atoms with van der Waals surface area (Å²) in [5, 5.41) is 0. The van der Waals surface area contributed by atoms with E-state index in [-0.39, 0.29) is 0 Å². The number of fused-ring (bicyclic) bond motifs is 1. The number of nitrogens with one attached hydrogen (secondary N) is 1. The van der Waals surface area contributed by atoms with Gasteiger partial charge in [-0.15, -0.1) is 0 Å². The Labute approximate surface area is 132 Å². The van der Waals surface area contributed by atoms with Crippen LogP contribution in [0.15, 0.2) is 49.1 Å². The molecule has 1 aliphatic rings. The Morgan fingerprint density at radius 2 is 2.09 bits per heavy atom. The van der Waals surface area contributed by atoms with Gasteiger partial charge in [-0.1, -0.05) is 6.07 Å². The van der Waals surface area contributed by atoms with Crippen molar-refractivity contribution in [2.45, 2.75) is 6.54 Å². The Morgan fingerprint density at radius 1 is 1.17 bits per heavy atom. The number of aromatic amines is 1. The van der Waals surface area contributed by atoms with Crippen molar-refractivity contribution in [1.82, 2.24) is 15.0 Å². The summed E-state index contributed by atoms with van der Waals surface area (Å²) < 4.78 is 18.7. The molecule has 0 saturated carbocycles. The van der Waals surface area contributed by atoms with E-state index in [1.807, 2.05) is 18.3 Å². The van der Waals surface area contributed by atoms with Gasteiger partial charge in [0.2, 0.25) is 5.95 Å². The molecule has 0 bridgehead atoms. The van der Waals surface area contributed by atoms with Crippen LogP contribution >= 0.6 is 0 Å². The van der Waals surface area contributed by atoms with Crippen LogP contribution in [0.1, 0.15) is 5.69 Å². The molecule has 116 valence electrons. The largest absolute Gasteiger partial charge is 0.490 e. The number of halogens is 1. The first-order chi connectivity index (χ1) is 11.3. The predicted octanol–water partition coefficient (Wildman–Crippen LogP) is 3.01. The molecule has 0 radical (unpaired) electrons. The molecule has 5 nitrogen and oxygen atoms in total. The van der Waals surface area contributed by atoms with E-state index in [9.17, 15) is 4.39 Å². The highest BCUT2D eigenvalue weighted by Gasteiger charge is 2.19. The predicted molar refractivity (Wildman–Crippen MR) is 84.8 cm³/mol. The van der Waals surface area contributed by atoms with E-state index in [0.29, 0.717) is 13.2 Å². The fraction of sp³-hybridized carbons (Fsp3) is 0.176. The summed E-state index contributed by atoms with van der Waals surface area (Å²) in [5.74, 6) is 0.376. The second-order valence-corrected chi connectivity index (χ2v) is 5.38. The number of rotatable bonds is 3. The van der Waals surface area contributed by atoms with Crippen LogP contribution in [0.25, 0.3) is 11.1 Å². The highest BCUT2D eigenvalue weighted by Crippen LogP contribution is 2.36. The zero-order chi connectivity index (χ0) is 15.6. The normalized spacial score (nSPS) is 13.5. The minimum Gasteiger partial charge on any atom is -0.490 e. The molecule has 0 aliphatic carbocycles. The summed E-state index contributed by atoms with van der Waals surface area (Å²) in [6, 6.07) is 9.06. The second kappa shape index (κ2) is 5.72. The monoisotopic (exact) mass is 310 g/mol. The summed E-state index contributed by atoms with van der Waals surface area (Å²) in [5.41, 5.74) is 3.85. The van der Waals surface area contributed by atoms with Crippen LogP contribution in [0.5, 0.6) is 5.75 Å². The van der Waals surface area contributed by atoms with Crippen molar-refractivity contribution in [3.63, 3.8) is 0 Å². The summed E-state index contributed by atoms with van der Waals surface area (Å²) >= 11 is 0. The van der Waals surface area contributed by atoms with Crippen LogP contribution in [0.4, 0.5) is 10.1 Å². The van der Waals surface area contributed by atoms with Crippen molar-refractivity contribution in [1.29, 1.82) is 0 Å². The van der Waals surface area contributed by atoms with Crippen molar-refractivity contribution in [3.05, 3.63) is 60.7 Å². The molecule has 0 fully saturated rings. The topological polar surface area (TPSA) is 54.0 Å². The van der Waals surface area contributed by atoms with Crippen LogP contribution in [-0.4, -0.2) is 28.1 Å². The lowest BCUT2D eigenvalue weighted by molar-refractivity contribution is 0.307. The third-order valence-electron chi connectivity index (χ3n) is 3.89. The smallest absolute Gasteiger partial charge is 0.212 e. The van der Waals surface area contributed by atoms with E-state index in [4.69, 9.17) is 4.74 Å².